The van der Waals surface area contributed by atoms with E-state index in [1.165, 1.54) is 0 Å². The van der Waals surface area contributed by atoms with Crippen LogP contribution in [0.2, 0.25) is 0 Å². The Morgan fingerprint density at radius 2 is 2.29 bits per heavy atom. The smallest absolute Gasteiger partial charge is 0.322 e. The molecule has 0 saturated carbocycles. The van der Waals surface area contributed by atoms with Crippen LogP contribution < -0.4 is 5.32 Å². The first-order valence-electron chi connectivity index (χ1n) is 6.88. The lowest BCUT2D eigenvalue weighted by atomic mass is 10.1. The molecule has 21 heavy (non-hydrogen) atoms. The highest BCUT2D eigenvalue weighted by atomic mass is 16.4. The third-order valence-electron chi connectivity index (χ3n) is 3.69. The van der Waals surface area contributed by atoms with Gasteiger partial charge in [0, 0.05) is 43.8 Å². The molecule has 1 saturated heterocycles. The first kappa shape index (κ1) is 13.8. The summed E-state index contributed by atoms with van der Waals surface area (Å²) in [4.78, 5) is 17.5. The third-order valence-corrected chi connectivity index (χ3v) is 3.69. The molecule has 6 nitrogen and oxygen atoms in total. The number of aromatic nitrogens is 1. The maximum atomic E-state index is 11.0. The number of hydrogen-bond donors (Lipinski definition) is 3. The predicted octanol–water partition coefficient (Wildman–Crippen LogP) is 0.799. The van der Waals surface area contributed by atoms with Crippen molar-refractivity contribution >= 4 is 16.9 Å². The minimum Gasteiger partial charge on any atom is -0.508 e. The molecule has 0 radical (unpaired) electrons. The van der Waals surface area contributed by atoms with Crippen LogP contribution in [0.25, 0.3) is 10.9 Å². The molecule has 1 aromatic carbocycles. The average Bonchev–Trinajstić information content (AvgIpc) is 2.48. The largest absolute Gasteiger partial charge is 0.508 e. The minimum atomic E-state index is -0.813. The Hall–Kier alpha value is -2.18. The van der Waals surface area contributed by atoms with Crippen LogP contribution in [0.15, 0.2) is 30.5 Å². The van der Waals surface area contributed by atoms with Crippen LogP contribution in [0, 0.1) is 0 Å². The number of fused-ring (bicyclic) bond motifs is 1. The normalized spacial score (nSPS) is 19.7. The molecule has 110 valence electrons. The van der Waals surface area contributed by atoms with Gasteiger partial charge in [-0.2, -0.15) is 0 Å². The molecule has 1 aromatic heterocycles. The summed E-state index contributed by atoms with van der Waals surface area (Å²) in [6.07, 6.45) is 1.78. The number of benzene rings is 1. The number of phenolic OH excluding ortho intramolecular Hbond substituents is 1. The molecule has 0 spiro atoms. The van der Waals surface area contributed by atoms with E-state index in [9.17, 15) is 9.90 Å². The number of aliphatic carboxylic acids is 1. The van der Waals surface area contributed by atoms with Crippen molar-refractivity contribution in [3.05, 3.63) is 36.0 Å². The van der Waals surface area contributed by atoms with Crippen molar-refractivity contribution < 1.29 is 15.0 Å². The van der Waals surface area contributed by atoms with Gasteiger partial charge in [0.15, 0.2) is 0 Å². The zero-order valence-corrected chi connectivity index (χ0v) is 11.5. The maximum Gasteiger partial charge on any atom is 0.322 e. The van der Waals surface area contributed by atoms with Crippen LogP contribution in [0.3, 0.4) is 0 Å². The Labute approximate surface area is 122 Å². The van der Waals surface area contributed by atoms with Gasteiger partial charge < -0.3 is 15.5 Å². The van der Waals surface area contributed by atoms with Crippen LogP contribution in [-0.4, -0.2) is 51.7 Å². The summed E-state index contributed by atoms with van der Waals surface area (Å²) in [5.74, 6) is -0.610. The van der Waals surface area contributed by atoms with Crippen molar-refractivity contribution in [2.75, 3.05) is 19.6 Å². The van der Waals surface area contributed by atoms with E-state index in [1.807, 2.05) is 12.1 Å². The quantitative estimate of drug-likeness (QED) is 0.774. The van der Waals surface area contributed by atoms with Gasteiger partial charge in [0.2, 0.25) is 0 Å². The summed E-state index contributed by atoms with van der Waals surface area (Å²) in [5, 5.41) is 22.4. The molecule has 3 N–H and O–H groups in total. The zero-order valence-electron chi connectivity index (χ0n) is 11.5. The van der Waals surface area contributed by atoms with Gasteiger partial charge in [-0.25, -0.2) is 0 Å². The van der Waals surface area contributed by atoms with Gasteiger partial charge in [0.05, 0.1) is 5.52 Å². The van der Waals surface area contributed by atoms with Crippen LogP contribution >= 0.6 is 0 Å². The van der Waals surface area contributed by atoms with Crippen molar-refractivity contribution in [2.45, 2.75) is 12.6 Å². The van der Waals surface area contributed by atoms with E-state index in [0.717, 1.165) is 23.0 Å². The van der Waals surface area contributed by atoms with E-state index in [0.29, 0.717) is 19.6 Å². The van der Waals surface area contributed by atoms with E-state index in [-0.39, 0.29) is 5.75 Å². The van der Waals surface area contributed by atoms with Gasteiger partial charge >= 0.3 is 5.97 Å². The van der Waals surface area contributed by atoms with Gasteiger partial charge in [-0.05, 0) is 23.8 Å². The summed E-state index contributed by atoms with van der Waals surface area (Å²) in [5.41, 5.74) is 1.79. The lowest BCUT2D eigenvalue weighted by molar-refractivity contribution is -0.140. The Morgan fingerprint density at radius 3 is 3.10 bits per heavy atom. The van der Waals surface area contributed by atoms with Gasteiger partial charge in [0.25, 0.3) is 0 Å². The van der Waals surface area contributed by atoms with Crippen molar-refractivity contribution in [1.29, 1.82) is 0 Å². The Balaban J connectivity index is 1.75. The molecule has 1 atom stereocenters. The Kier molecular flexibility index (Phi) is 3.72. The summed E-state index contributed by atoms with van der Waals surface area (Å²) in [6.45, 7) is 2.65. The van der Waals surface area contributed by atoms with E-state index in [4.69, 9.17) is 5.11 Å². The summed E-state index contributed by atoms with van der Waals surface area (Å²) < 4.78 is 0. The van der Waals surface area contributed by atoms with Gasteiger partial charge in [-0.3, -0.25) is 14.7 Å². The number of pyridine rings is 1. The van der Waals surface area contributed by atoms with Crippen LogP contribution in [0.1, 0.15) is 5.56 Å². The lowest BCUT2D eigenvalue weighted by Gasteiger charge is -2.31. The summed E-state index contributed by atoms with van der Waals surface area (Å²) in [6, 6.07) is 6.62. The minimum absolute atomic E-state index is 0.203. The SMILES string of the molecule is O=C(O)[C@@H]1CN(Cc2cnc3cc(O)ccc3c2)CCN1. The Bertz CT molecular complexity index is 674. The number of carbonyl (C=O) groups is 1. The zero-order chi connectivity index (χ0) is 14.8. The second kappa shape index (κ2) is 5.67. The standard InChI is InChI=1S/C15H17N3O3/c19-12-2-1-11-5-10(7-17-13(11)6-12)8-18-4-3-16-14(9-18)15(20)21/h1-2,5-7,14,16,19H,3-4,8-9H2,(H,20,21)/t14-/m0/s1. The van der Waals surface area contributed by atoms with Gasteiger partial charge in [0.1, 0.15) is 11.8 Å². The van der Waals surface area contributed by atoms with Gasteiger partial charge in [-0.1, -0.05) is 0 Å². The fourth-order valence-corrected chi connectivity index (χ4v) is 2.62. The number of rotatable bonds is 3. The molecule has 3 rings (SSSR count). The summed E-state index contributed by atoms with van der Waals surface area (Å²) in [7, 11) is 0. The van der Waals surface area contributed by atoms with Crippen molar-refractivity contribution in [3.63, 3.8) is 0 Å². The third kappa shape index (κ3) is 3.12. The molecule has 6 heteroatoms. The topological polar surface area (TPSA) is 85.7 Å². The van der Waals surface area contributed by atoms with Crippen LogP contribution in [0.4, 0.5) is 0 Å². The van der Waals surface area contributed by atoms with E-state index in [1.54, 1.807) is 18.3 Å². The number of nitrogens with zero attached hydrogens (tertiary/aromatic N) is 2. The highest BCUT2D eigenvalue weighted by Gasteiger charge is 2.24. The molecule has 2 heterocycles. The van der Waals surface area contributed by atoms with E-state index < -0.39 is 12.0 Å². The molecule has 0 aliphatic carbocycles. The van der Waals surface area contributed by atoms with Crippen molar-refractivity contribution in [1.82, 2.24) is 15.2 Å². The van der Waals surface area contributed by atoms with Crippen molar-refractivity contribution in [3.8, 4) is 5.75 Å². The number of hydrogen-bond acceptors (Lipinski definition) is 5. The maximum absolute atomic E-state index is 11.0. The highest BCUT2D eigenvalue weighted by Crippen LogP contribution is 2.19. The molecule has 1 fully saturated rings. The summed E-state index contributed by atoms with van der Waals surface area (Å²) >= 11 is 0. The predicted molar refractivity (Wildman–Crippen MR) is 78.1 cm³/mol. The number of piperazine rings is 1. The monoisotopic (exact) mass is 287 g/mol. The second-order valence-electron chi connectivity index (χ2n) is 5.30. The highest BCUT2D eigenvalue weighted by molar-refractivity contribution is 5.80. The fourth-order valence-electron chi connectivity index (χ4n) is 2.62. The second-order valence-corrected chi connectivity index (χ2v) is 5.30. The van der Waals surface area contributed by atoms with E-state index in [2.05, 4.69) is 15.2 Å². The Morgan fingerprint density at radius 1 is 1.43 bits per heavy atom. The number of carboxylic acid groups (broad SMARTS) is 1. The average molecular weight is 287 g/mol. The molecule has 0 amide bonds. The molecule has 1 aliphatic heterocycles. The van der Waals surface area contributed by atoms with Crippen LogP contribution in [0.5, 0.6) is 5.75 Å². The molecule has 0 unspecified atom stereocenters. The number of nitrogens with one attached hydrogen (secondary N) is 1. The fraction of sp³-hybridized carbons (Fsp3) is 0.333. The molecule has 2 aromatic rings. The molecule has 1 aliphatic rings. The first-order valence-corrected chi connectivity index (χ1v) is 6.88. The number of aromatic hydroxyl groups is 1. The number of phenols is 1. The number of carboxylic acids is 1. The molecule has 0 bridgehead atoms. The lowest BCUT2D eigenvalue weighted by Crippen LogP contribution is -2.53. The first-order chi connectivity index (χ1) is 10.1. The molecular weight excluding hydrogens is 270 g/mol. The van der Waals surface area contributed by atoms with E-state index >= 15 is 0 Å². The molecular formula is C15H17N3O3. The van der Waals surface area contributed by atoms with Crippen molar-refractivity contribution in [2.24, 2.45) is 0 Å². The van der Waals surface area contributed by atoms with Gasteiger partial charge in [-0.15, -0.1) is 0 Å². The van der Waals surface area contributed by atoms with Crippen LogP contribution in [-0.2, 0) is 11.3 Å².